The molecule has 0 bridgehead atoms. The van der Waals surface area contributed by atoms with E-state index in [0.717, 1.165) is 29.7 Å². The van der Waals surface area contributed by atoms with Gasteiger partial charge in [-0.1, -0.05) is 56.3 Å². The highest BCUT2D eigenvalue weighted by Crippen LogP contribution is 2.30. The third kappa shape index (κ3) is 4.51. The van der Waals surface area contributed by atoms with Crippen LogP contribution in [0.25, 0.3) is 0 Å². The molecule has 0 radical (unpaired) electrons. The summed E-state index contributed by atoms with van der Waals surface area (Å²) >= 11 is 0. The first-order valence-electron chi connectivity index (χ1n) is 12.6. The number of para-hydroxylation sites is 1. The second-order valence-corrected chi connectivity index (χ2v) is 9.67. The van der Waals surface area contributed by atoms with Crippen LogP contribution in [0.1, 0.15) is 47.3 Å². The van der Waals surface area contributed by atoms with Gasteiger partial charge in [0.2, 0.25) is 11.8 Å². The molecular weight excluding hydrogens is 450 g/mol. The summed E-state index contributed by atoms with van der Waals surface area (Å²) < 4.78 is 0. The second kappa shape index (κ2) is 9.97. The Hall–Kier alpha value is -3.93. The molecule has 36 heavy (non-hydrogen) atoms. The van der Waals surface area contributed by atoms with Crippen molar-refractivity contribution in [3.63, 3.8) is 0 Å². The number of benzene rings is 3. The lowest BCUT2D eigenvalue weighted by Gasteiger charge is -2.37. The van der Waals surface area contributed by atoms with Crippen molar-refractivity contribution in [1.29, 1.82) is 0 Å². The summed E-state index contributed by atoms with van der Waals surface area (Å²) in [5.41, 5.74) is 5.50. The second-order valence-electron chi connectivity index (χ2n) is 9.67. The van der Waals surface area contributed by atoms with Crippen LogP contribution in [0.15, 0.2) is 72.8 Å². The quantitative estimate of drug-likeness (QED) is 0.568. The Morgan fingerprint density at radius 2 is 1.58 bits per heavy atom. The number of carbonyl (C=O) groups is 3. The monoisotopic (exact) mass is 481 g/mol. The summed E-state index contributed by atoms with van der Waals surface area (Å²) in [6.07, 6.45) is 2.06. The van der Waals surface area contributed by atoms with Crippen LogP contribution in [-0.2, 0) is 29.0 Å². The van der Waals surface area contributed by atoms with Crippen LogP contribution in [0.3, 0.4) is 0 Å². The van der Waals surface area contributed by atoms with Crippen LogP contribution in [0, 0.1) is 5.92 Å². The molecule has 3 amide bonds. The number of nitrogens with zero attached hydrogens (tertiary/aromatic N) is 2. The Labute approximate surface area is 211 Å². The van der Waals surface area contributed by atoms with Crippen molar-refractivity contribution in [3.8, 4) is 0 Å². The number of anilines is 2. The molecule has 3 aromatic rings. The first-order chi connectivity index (χ1) is 17.5. The van der Waals surface area contributed by atoms with E-state index in [0.29, 0.717) is 30.8 Å². The van der Waals surface area contributed by atoms with Crippen LogP contribution in [-0.4, -0.2) is 35.2 Å². The third-order valence-electron chi connectivity index (χ3n) is 7.40. The Kier molecular flexibility index (Phi) is 6.59. The summed E-state index contributed by atoms with van der Waals surface area (Å²) in [4.78, 5) is 43.2. The topological polar surface area (TPSA) is 69.7 Å². The van der Waals surface area contributed by atoms with Crippen molar-refractivity contribution in [1.82, 2.24) is 4.90 Å². The van der Waals surface area contributed by atoms with Crippen molar-refractivity contribution in [2.24, 2.45) is 5.92 Å². The van der Waals surface area contributed by atoms with Crippen LogP contribution >= 0.6 is 0 Å². The Morgan fingerprint density at radius 1 is 0.917 bits per heavy atom. The highest BCUT2D eigenvalue weighted by molar-refractivity contribution is 6.07. The molecule has 6 heteroatoms. The molecule has 2 aliphatic heterocycles. The molecule has 0 aromatic heterocycles. The Balaban J connectivity index is 1.31. The van der Waals surface area contributed by atoms with Gasteiger partial charge in [-0.05, 0) is 59.9 Å². The van der Waals surface area contributed by atoms with Crippen molar-refractivity contribution in [2.75, 3.05) is 16.8 Å². The molecule has 0 fully saturated rings. The fraction of sp³-hybridized carbons (Fsp3) is 0.300. The maximum atomic E-state index is 13.4. The van der Waals surface area contributed by atoms with Gasteiger partial charge in [0, 0.05) is 42.4 Å². The normalized spacial score (nSPS) is 17.2. The number of carbonyl (C=O) groups excluding carboxylic acids is 3. The Bertz CT molecular complexity index is 1300. The van der Waals surface area contributed by atoms with Crippen molar-refractivity contribution >= 4 is 29.1 Å². The van der Waals surface area contributed by atoms with Gasteiger partial charge in [-0.15, -0.1) is 0 Å². The number of rotatable bonds is 5. The molecular formula is C30H31N3O3. The molecule has 2 unspecified atom stereocenters. The first kappa shape index (κ1) is 23.8. The minimum Gasteiger partial charge on any atom is -0.326 e. The van der Waals surface area contributed by atoms with E-state index in [2.05, 4.69) is 11.4 Å². The lowest BCUT2D eigenvalue weighted by Crippen LogP contribution is -2.52. The van der Waals surface area contributed by atoms with Gasteiger partial charge in [0.15, 0.2) is 0 Å². The zero-order valence-electron chi connectivity index (χ0n) is 20.7. The molecule has 2 heterocycles. The van der Waals surface area contributed by atoms with E-state index in [1.165, 1.54) is 5.56 Å². The maximum Gasteiger partial charge on any atom is 0.258 e. The van der Waals surface area contributed by atoms with Crippen LogP contribution in [0.4, 0.5) is 11.4 Å². The van der Waals surface area contributed by atoms with E-state index in [4.69, 9.17) is 0 Å². The lowest BCUT2D eigenvalue weighted by molar-refractivity contribution is -0.143. The van der Waals surface area contributed by atoms with Gasteiger partial charge in [-0.2, -0.15) is 0 Å². The van der Waals surface area contributed by atoms with Crippen molar-refractivity contribution in [3.05, 3.63) is 95.1 Å². The van der Waals surface area contributed by atoms with Gasteiger partial charge in [-0.25, -0.2) is 0 Å². The summed E-state index contributed by atoms with van der Waals surface area (Å²) in [6, 6.07) is 22.4. The fourth-order valence-corrected chi connectivity index (χ4v) is 5.07. The maximum absolute atomic E-state index is 13.4. The number of fused-ring (bicyclic) bond motifs is 2. The molecule has 2 atom stereocenters. The average molecular weight is 482 g/mol. The van der Waals surface area contributed by atoms with Crippen LogP contribution in [0.2, 0.25) is 0 Å². The zero-order chi connectivity index (χ0) is 25.2. The molecule has 0 saturated carbocycles. The molecule has 0 aliphatic carbocycles. The molecule has 184 valence electrons. The Morgan fingerprint density at radius 3 is 2.31 bits per heavy atom. The minimum atomic E-state index is -0.580. The van der Waals surface area contributed by atoms with Crippen molar-refractivity contribution in [2.45, 2.75) is 45.7 Å². The minimum absolute atomic E-state index is 0.000933. The number of nitrogens with one attached hydrogen (secondary N) is 1. The molecule has 0 spiro atoms. The SMILES string of the molecule is CCC(C)C(=O)N1Cc2ccccc2CC1C(=O)Nc1ccc(C(=O)N2CCc3ccccc32)cc1. The molecule has 1 N–H and O–H groups in total. The number of hydrogen-bond acceptors (Lipinski definition) is 3. The van der Waals surface area contributed by atoms with Gasteiger partial charge in [0.1, 0.15) is 6.04 Å². The van der Waals surface area contributed by atoms with Crippen LogP contribution in [0.5, 0.6) is 0 Å². The van der Waals surface area contributed by atoms with E-state index < -0.39 is 6.04 Å². The number of amides is 3. The molecule has 0 saturated heterocycles. The zero-order valence-corrected chi connectivity index (χ0v) is 20.7. The van der Waals surface area contributed by atoms with E-state index in [1.807, 2.05) is 56.3 Å². The first-order valence-corrected chi connectivity index (χ1v) is 12.6. The smallest absolute Gasteiger partial charge is 0.258 e. The predicted molar refractivity (Wildman–Crippen MR) is 141 cm³/mol. The summed E-state index contributed by atoms with van der Waals surface area (Å²) in [5.74, 6) is -0.411. The van der Waals surface area contributed by atoms with Gasteiger partial charge < -0.3 is 15.1 Å². The van der Waals surface area contributed by atoms with Gasteiger partial charge in [0.25, 0.3) is 5.91 Å². The molecule has 2 aliphatic rings. The summed E-state index contributed by atoms with van der Waals surface area (Å²) in [6.45, 7) is 4.99. The summed E-state index contributed by atoms with van der Waals surface area (Å²) in [7, 11) is 0. The van der Waals surface area contributed by atoms with Gasteiger partial charge >= 0.3 is 0 Å². The van der Waals surface area contributed by atoms with Gasteiger partial charge in [-0.3, -0.25) is 14.4 Å². The highest BCUT2D eigenvalue weighted by Gasteiger charge is 2.36. The van der Waals surface area contributed by atoms with Gasteiger partial charge in [0.05, 0.1) is 0 Å². The average Bonchev–Trinajstić information content (AvgIpc) is 3.35. The number of hydrogen-bond donors (Lipinski definition) is 1. The molecule has 6 nitrogen and oxygen atoms in total. The summed E-state index contributed by atoms with van der Waals surface area (Å²) in [5, 5.41) is 2.98. The molecule has 3 aromatic carbocycles. The third-order valence-corrected chi connectivity index (χ3v) is 7.40. The van der Waals surface area contributed by atoms with E-state index in [9.17, 15) is 14.4 Å². The molecule has 5 rings (SSSR count). The van der Waals surface area contributed by atoms with Crippen LogP contribution < -0.4 is 10.2 Å². The largest absolute Gasteiger partial charge is 0.326 e. The lowest BCUT2D eigenvalue weighted by atomic mass is 9.92. The standard InChI is InChI=1S/C30H31N3O3/c1-3-20(2)29(35)33-19-24-10-5-4-9-23(24)18-27(33)28(34)31-25-14-12-22(13-15-25)30(36)32-17-16-21-8-6-7-11-26(21)32/h4-15,20,27H,3,16-19H2,1-2H3,(H,31,34). The van der Waals surface area contributed by atoms with Crippen molar-refractivity contribution < 1.29 is 14.4 Å². The highest BCUT2D eigenvalue weighted by atomic mass is 16.2. The fourth-order valence-electron chi connectivity index (χ4n) is 5.07. The van der Waals surface area contributed by atoms with E-state index >= 15 is 0 Å². The van der Waals surface area contributed by atoms with E-state index in [-0.39, 0.29) is 23.6 Å². The van der Waals surface area contributed by atoms with E-state index in [1.54, 1.807) is 34.1 Å². The predicted octanol–water partition coefficient (Wildman–Crippen LogP) is 4.83.